The van der Waals surface area contributed by atoms with E-state index in [0.717, 1.165) is 56.4 Å². The first-order valence-corrected chi connectivity index (χ1v) is 10.5. The van der Waals surface area contributed by atoms with Crippen LogP contribution >= 0.6 is 37.2 Å². The molecular weight excluding hydrogens is 445 g/mol. The van der Waals surface area contributed by atoms with Crippen molar-refractivity contribution in [3.8, 4) is 0 Å². The zero-order valence-corrected chi connectivity index (χ0v) is 19.8. The van der Waals surface area contributed by atoms with E-state index < -0.39 is 0 Å². The minimum Gasteiger partial charge on any atom is -0.331 e. The minimum atomic E-state index is 0. The van der Waals surface area contributed by atoms with Crippen molar-refractivity contribution in [3.05, 3.63) is 35.8 Å². The van der Waals surface area contributed by atoms with Crippen LogP contribution < -0.4 is 10.6 Å². The Morgan fingerprint density at radius 2 is 1.80 bits per heavy atom. The zero-order chi connectivity index (χ0) is 18.5. The summed E-state index contributed by atoms with van der Waals surface area (Å²) in [6, 6.07) is 6.78. The molecule has 2 N–H and O–H groups in total. The van der Waals surface area contributed by atoms with Crippen LogP contribution in [0.5, 0.6) is 0 Å². The molecule has 0 aromatic carbocycles. The van der Waals surface area contributed by atoms with E-state index in [9.17, 15) is 4.79 Å². The van der Waals surface area contributed by atoms with Gasteiger partial charge in [-0.05, 0) is 44.4 Å². The quantitative estimate of drug-likeness (QED) is 0.537. The molecule has 0 saturated heterocycles. The van der Waals surface area contributed by atoms with E-state index in [1.165, 1.54) is 32.1 Å². The van der Waals surface area contributed by atoms with Crippen LogP contribution in [0.2, 0.25) is 0 Å². The number of halogens is 3. The number of amides is 1. The summed E-state index contributed by atoms with van der Waals surface area (Å²) in [4.78, 5) is 19.0. The number of carbonyl (C=O) groups excluding carboxylic acids is 1. The normalized spacial score (nSPS) is 16.0. The SMILES string of the molecule is Cl.Cl.Cl.O=C1c2cnc3cccc(n23)CN1CCCCNCCNC1CCCCC1. The molecule has 30 heavy (non-hydrogen) atoms. The van der Waals surface area contributed by atoms with Gasteiger partial charge in [0.1, 0.15) is 11.3 Å². The van der Waals surface area contributed by atoms with Crippen molar-refractivity contribution in [3.63, 3.8) is 0 Å². The molecule has 0 atom stereocenters. The lowest BCUT2D eigenvalue weighted by molar-refractivity contribution is 0.0711. The van der Waals surface area contributed by atoms with Gasteiger partial charge in [-0.3, -0.25) is 9.20 Å². The van der Waals surface area contributed by atoms with Crippen molar-refractivity contribution >= 4 is 48.8 Å². The maximum absolute atomic E-state index is 12.7. The molecule has 4 rings (SSSR count). The van der Waals surface area contributed by atoms with Crippen molar-refractivity contribution in [2.45, 2.75) is 57.5 Å². The molecular formula is C21H34Cl3N5O. The molecule has 0 radical (unpaired) electrons. The van der Waals surface area contributed by atoms with Gasteiger partial charge in [0, 0.05) is 31.4 Å². The predicted octanol–water partition coefficient (Wildman–Crippen LogP) is 3.85. The summed E-state index contributed by atoms with van der Waals surface area (Å²) >= 11 is 0. The number of nitrogens with one attached hydrogen (secondary N) is 2. The van der Waals surface area contributed by atoms with E-state index in [1.807, 2.05) is 21.4 Å². The van der Waals surface area contributed by atoms with Crippen LogP contribution in [0, 0.1) is 0 Å². The average Bonchev–Trinajstić information content (AvgIpc) is 3.14. The van der Waals surface area contributed by atoms with Gasteiger partial charge in [-0.1, -0.05) is 25.3 Å². The van der Waals surface area contributed by atoms with Crippen LogP contribution in [0.3, 0.4) is 0 Å². The Labute approximate surface area is 197 Å². The van der Waals surface area contributed by atoms with Crippen LogP contribution in [0.25, 0.3) is 5.65 Å². The summed E-state index contributed by atoms with van der Waals surface area (Å²) in [5.74, 6) is 0.103. The second-order valence-corrected chi connectivity index (χ2v) is 7.83. The maximum atomic E-state index is 12.7. The Bertz CT molecular complexity index is 779. The molecule has 170 valence electrons. The molecule has 0 spiro atoms. The number of imidazole rings is 1. The first-order valence-electron chi connectivity index (χ1n) is 10.5. The first kappa shape index (κ1) is 27.0. The molecule has 1 saturated carbocycles. The van der Waals surface area contributed by atoms with Crippen molar-refractivity contribution in [1.29, 1.82) is 0 Å². The third-order valence-electron chi connectivity index (χ3n) is 5.84. The molecule has 1 amide bonds. The first-order chi connectivity index (χ1) is 13.3. The molecule has 0 bridgehead atoms. The van der Waals surface area contributed by atoms with Gasteiger partial charge < -0.3 is 15.5 Å². The van der Waals surface area contributed by atoms with E-state index in [4.69, 9.17) is 0 Å². The standard InChI is InChI=1S/C21H31N5O.3ClH/c27-21-19-15-24-20-10-6-9-18(26(19)20)16-25(21)14-5-4-11-22-12-13-23-17-7-2-1-3-8-17;;;/h6,9-10,15,17,22-23H,1-5,7-8,11-14,16H2;3*1H. The van der Waals surface area contributed by atoms with Crippen molar-refractivity contribution < 1.29 is 4.79 Å². The monoisotopic (exact) mass is 477 g/mol. The van der Waals surface area contributed by atoms with E-state index in [1.54, 1.807) is 6.20 Å². The number of nitrogens with zero attached hydrogens (tertiary/aromatic N) is 3. The number of aromatic nitrogens is 2. The average molecular weight is 479 g/mol. The Morgan fingerprint density at radius 3 is 2.60 bits per heavy atom. The van der Waals surface area contributed by atoms with Crippen molar-refractivity contribution in [2.24, 2.45) is 0 Å². The van der Waals surface area contributed by atoms with Gasteiger partial charge in [0.2, 0.25) is 0 Å². The van der Waals surface area contributed by atoms with Gasteiger partial charge in [-0.25, -0.2) is 4.98 Å². The Morgan fingerprint density at radius 1 is 1.00 bits per heavy atom. The molecule has 1 aliphatic carbocycles. The van der Waals surface area contributed by atoms with Gasteiger partial charge in [-0.2, -0.15) is 0 Å². The topological polar surface area (TPSA) is 61.7 Å². The summed E-state index contributed by atoms with van der Waals surface area (Å²) in [6.45, 7) is 4.59. The highest BCUT2D eigenvalue weighted by Gasteiger charge is 2.26. The number of carbonyl (C=O) groups is 1. The fraction of sp³-hybridized carbons (Fsp3) is 0.619. The highest BCUT2D eigenvalue weighted by atomic mass is 35.5. The van der Waals surface area contributed by atoms with Crippen LogP contribution in [0.4, 0.5) is 0 Å². The zero-order valence-electron chi connectivity index (χ0n) is 17.3. The van der Waals surface area contributed by atoms with E-state index in [2.05, 4.69) is 21.7 Å². The summed E-state index contributed by atoms with van der Waals surface area (Å²) in [5, 5.41) is 7.18. The Balaban J connectivity index is 0.00000150. The van der Waals surface area contributed by atoms with E-state index in [-0.39, 0.29) is 43.1 Å². The van der Waals surface area contributed by atoms with Gasteiger partial charge >= 0.3 is 0 Å². The highest BCUT2D eigenvalue weighted by Crippen LogP contribution is 2.20. The van der Waals surface area contributed by atoms with Crippen LogP contribution in [-0.2, 0) is 6.54 Å². The lowest BCUT2D eigenvalue weighted by atomic mass is 9.95. The van der Waals surface area contributed by atoms with Gasteiger partial charge in [0.15, 0.2) is 0 Å². The molecule has 2 aromatic heterocycles. The van der Waals surface area contributed by atoms with Gasteiger partial charge in [0.25, 0.3) is 5.91 Å². The molecule has 6 nitrogen and oxygen atoms in total. The second kappa shape index (κ2) is 13.4. The molecule has 9 heteroatoms. The third kappa shape index (κ3) is 6.47. The summed E-state index contributed by atoms with van der Waals surface area (Å²) < 4.78 is 1.99. The molecule has 2 aliphatic rings. The van der Waals surface area contributed by atoms with E-state index in [0.29, 0.717) is 12.2 Å². The molecule has 1 fully saturated rings. The molecule has 0 unspecified atom stereocenters. The summed E-state index contributed by atoms with van der Waals surface area (Å²) in [6.07, 6.45) is 10.7. The maximum Gasteiger partial charge on any atom is 0.272 e. The second-order valence-electron chi connectivity index (χ2n) is 7.83. The lowest BCUT2D eigenvalue weighted by Crippen LogP contribution is -2.37. The molecule has 2 aromatic rings. The Hall–Kier alpha value is -1.05. The van der Waals surface area contributed by atoms with Gasteiger partial charge in [0.05, 0.1) is 12.7 Å². The van der Waals surface area contributed by atoms with Crippen molar-refractivity contribution in [2.75, 3.05) is 26.2 Å². The minimum absolute atomic E-state index is 0. The molecule has 3 heterocycles. The smallest absolute Gasteiger partial charge is 0.272 e. The fourth-order valence-electron chi connectivity index (χ4n) is 4.34. The van der Waals surface area contributed by atoms with E-state index >= 15 is 0 Å². The number of rotatable bonds is 9. The fourth-order valence-corrected chi connectivity index (χ4v) is 4.34. The van der Waals surface area contributed by atoms with Crippen LogP contribution in [-0.4, -0.2) is 52.4 Å². The van der Waals surface area contributed by atoms with Crippen LogP contribution in [0.1, 0.15) is 61.1 Å². The van der Waals surface area contributed by atoms with Crippen molar-refractivity contribution in [1.82, 2.24) is 24.9 Å². The van der Waals surface area contributed by atoms with Crippen LogP contribution in [0.15, 0.2) is 24.4 Å². The predicted molar refractivity (Wildman–Crippen MR) is 129 cm³/mol. The summed E-state index contributed by atoms with van der Waals surface area (Å²) in [5.41, 5.74) is 2.70. The largest absolute Gasteiger partial charge is 0.331 e. The number of unbranched alkanes of at least 4 members (excludes halogenated alkanes) is 1. The lowest BCUT2D eigenvalue weighted by Gasteiger charge is -2.27. The Kier molecular flexibility index (Phi) is 12.0. The van der Waals surface area contributed by atoms with Gasteiger partial charge in [-0.15, -0.1) is 37.2 Å². The number of pyridine rings is 1. The number of hydrogen-bond donors (Lipinski definition) is 2. The third-order valence-corrected chi connectivity index (χ3v) is 5.84. The number of hydrogen-bond acceptors (Lipinski definition) is 4. The summed E-state index contributed by atoms with van der Waals surface area (Å²) in [7, 11) is 0. The molecule has 1 aliphatic heterocycles. The highest BCUT2D eigenvalue weighted by molar-refractivity contribution is 5.94.